The van der Waals surface area contributed by atoms with Crippen LogP contribution in [0.5, 0.6) is 0 Å². The molecule has 0 aliphatic carbocycles. The largest absolute Gasteiger partial charge is 0.333 e. The van der Waals surface area contributed by atoms with Gasteiger partial charge in [-0.25, -0.2) is 0 Å². The standard InChI is InChI=1S/C11H10N2O2S/c14-13(15)9-11-12(6-7-16-11)8-10-4-2-1-3-5-10/h1-7,9H,8H2. The second kappa shape index (κ2) is 4.85. The van der Waals surface area contributed by atoms with Crippen LogP contribution >= 0.6 is 11.8 Å². The molecule has 1 aliphatic heterocycles. The van der Waals surface area contributed by atoms with E-state index in [0.29, 0.717) is 11.6 Å². The van der Waals surface area contributed by atoms with Crippen molar-refractivity contribution >= 4 is 11.8 Å². The lowest BCUT2D eigenvalue weighted by atomic mass is 10.2. The number of nitro groups is 1. The molecule has 1 heterocycles. The van der Waals surface area contributed by atoms with Gasteiger partial charge >= 0.3 is 0 Å². The van der Waals surface area contributed by atoms with Gasteiger partial charge in [-0.15, -0.1) is 0 Å². The predicted octanol–water partition coefficient (Wildman–Crippen LogP) is 2.78. The Hall–Kier alpha value is -1.75. The molecule has 0 bridgehead atoms. The monoisotopic (exact) mass is 234 g/mol. The third-order valence-electron chi connectivity index (χ3n) is 2.12. The zero-order chi connectivity index (χ0) is 11.4. The highest BCUT2D eigenvalue weighted by Crippen LogP contribution is 2.30. The normalized spacial score (nSPS) is 17.0. The minimum absolute atomic E-state index is 0.423. The molecular formula is C11H10N2O2S. The third kappa shape index (κ3) is 2.64. The Labute approximate surface area is 97.4 Å². The van der Waals surface area contributed by atoms with E-state index in [1.165, 1.54) is 11.8 Å². The molecule has 1 aromatic carbocycles. The minimum Gasteiger partial charge on any atom is -0.333 e. The Morgan fingerprint density at radius 1 is 1.38 bits per heavy atom. The van der Waals surface area contributed by atoms with Crippen molar-refractivity contribution in [3.63, 3.8) is 0 Å². The SMILES string of the molecule is O=[N+]([O-])C=C1SC=CN1Cc1ccccc1. The van der Waals surface area contributed by atoms with Gasteiger partial charge in [-0.3, -0.25) is 10.1 Å². The molecule has 0 radical (unpaired) electrons. The number of rotatable bonds is 3. The molecule has 0 fully saturated rings. The molecule has 0 atom stereocenters. The first-order valence-corrected chi connectivity index (χ1v) is 5.63. The maximum absolute atomic E-state index is 10.4. The number of hydrogen-bond donors (Lipinski definition) is 0. The molecule has 0 unspecified atom stereocenters. The minimum atomic E-state index is -0.423. The Morgan fingerprint density at radius 2 is 2.12 bits per heavy atom. The number of thioether (sulfide) groups is 1. The first kappa shape index (κ1) is 10.8. The number of hydrogen-bond acceptors (Lipinski definition) is 4. The van der Waals surface area contributed by atoms with Gasteiger partial charge in [0.15, 0.2) is 5.03 Å². The Kier molecular flexibility index (Phi) is 3.26. The van der Waals surface area contributed by atoms with Crippen molar-refractivity contribution in [2.75, 3.05) is 0 Å². The first-order valence-electron chi connectivity index (χ1n) is 4.75. The van der Waals surface area contributed by atoms with Crippen molar-refractivity contribution < 1.29 is 4.92 Å². The molecule has 0 saturated carbocycles. The van der Waals surface area contributed by atoms with Gasteiger partial charge in [0.25, 0.3) is 6.20 Å². The molecule has 2 rings (SSSR count). The van der Waals surface area contributed by atoms with Gasteiger partial charge < -0.3 is 4.90 Å². The van der Waals surface area contributed by atoms with Crippen molar-refractivity contribution in [3.05, 3.63) is 68.8 Å². The molecule has 0 amide bonds. The fraction of sp³-hybridized carbons (Fsp3) is 0.0909. The second-order valence-electron chi connectivity index (χ2n) is 3.27. The summed E-state index contributed by atoms with van der Waals surface area (Å²) in [5.41, 5.74) is 1.13. The zero-order valence-electron chi connectivity index (χ0n) is 8.45. The van der Waals surface area contributed by atoms with E-state index < -0.39 is 4.92 Å². The van der Waals surface area contributed by atoms with Crippen molar-refractivity contribution in [3.8, 4) is 0 Å². The van der Waals surface area contributed by atoms with Gasteiger partial charge in [0.1, 0.15) is 0 Å². The highest BCUT2D eigenvalue weighted by molar-refractivity contribution is 8.06. The summed E-state index contributed by atoms with van der Waals surface area (Å²) in [5, 5.41) is 12.9. The maximum Gasteiger partial charge on any atom is 0.264 e. The van der Waals surface area contributed by atoms with E-state index in [2.05, 4.69) is 0 Å². The Balaban J connectivity index is 2.10. The highest BCUT2D eigenvalue weighted by Gasteiger charge is 2.16. The van der Waals surface area contributed by atoms with Crippen LogP contribution in [-0.4, -0.2) is 9.82 Å². The summed E-state index contributed by atoms with van der Waals surface area (Å²) in [6, 6.07) is 9.87. The van der Waals surface area contributed by atoms with E-state index in [-0.39, 0.29) is 0 Å². The summed E-state index contributed by atoms with van der Waals surface area (Å²) < 4.78 is 0. The van der Waals surface area contributed by atoms with Gasteiger partial charge in [-0.2, -0.15) is 0 Å². The molecule has 5 heteroatoms. The van der Waals surface area contributed by atoms with Crippen molar-refractivity contribution in [1.82, 2.24) is 4.90 Å². The summed E-state index contributed by atoms with van der Waals surface area (Å²) >= 11 is 1.36. The predicted molar refractivity (Wildman–Crippen MR) is 63.8 cm³/mol. The fourth-order valence-electron chi connectivity index (χ4n) is 1.42. The molecule has 1 aliphatic rings. The number of benzene rings is 1. The molecule has 82 valence electrons. The summed E-state index contributed by atoms with van der Waals surface area (Å²) in [6.45, 7) is 0.657. The molecule has 16 heavy (non-hydrogen) atoms. The molecule has 0 saturated heterocycles. The lowest BCUT2D eigenvalue weighted by molar-refractivity contribution is -0.403. The van der Waals surface area contributed by atoms with Crippen molar-refractivity contribution in [2.45, 2.75) is 6.54 Å². The van der Waals surface area contributed by atoms with E-state index in [1.54, 1.807) is 0 Å². The van der Waals surface area contributed by atoms with Crippen LogP contribution in [0.1, 0.15) is 5.56 Å². The van der Waals surface area contributed by atoms with Crippen LogP contribution < -0.4 is 0 Å². The lowest BCUT2D eigenvalue weighted by Gasteiger charge is -2.15. The fourth-order valence-corrected chi connectivity index (χ4v) is 2.18. The van der Waals surface area contributed by atoms with E-state index in [9.17, 15) is 10.1 Å². The van der Waals surface area contributed by atoms with Crippen LogP contribution in [0.2, 0.25) is 0 Å². The van der Waals surface area contributed by atoms with Crippen molar-refractivity contribution in [2.24, 2.45) is 0 Å². The van der Waals surface area contributed by atoms with Crippen LogP contribution in [0.25, 0.3) is 0 Å². The van der Waals surface area contributed by atoms with E-state index in [1.807, 2.05) is 46.8 Å². The quantitative estimate of drug-likeness (QED) is 0.596. The van der Waals surface area contributed by atoms with E-state index in [4.69, 9.17) is 0 Å². The molecule has 0 aromatic heterocycles. The van der Waals surface area contributed by atoms with Crippen LogP contribution in [0.15, 0.2) is 53.2 Å². The van der Waals surface area contributed by atoms with Gasteiger partial charge in [0.05, 0.1) is 4.92 Å². The van der Waals surface area contributed by atoms with Crippen LogP contribution in [0.3, 0.4) is 0 Å². The average molecular weight is 234 g/mol. The summed E-state index contributed by atoms with van der Waals surface area (Å²) in [5.74, 6) is 0. The topological polar surface area (TPSA) is 46.4 Å². The summed E-state index contributed by atoms with van der Waals surface area (Å²) in [4.78, 5) is 11.9. The van der Waals surface area contributed by atoms with Gasteiger partial charge in [-0.05, 0) is 11.0 Å². The molecule has 0 spiro atoms. The van der Waals surface area contributed by atoms with Crippen LogP contribution in [0.4, 0.5) is 0 Å². The first-order chi connectivity index (χ1) is 7.75. The van der Waals surface area contributed by atoms with Crippen molar-refractivity contribution in [1.29, 1.82) is 0 Å². The molecular weight excluding hydrogens is 224 g/mol. The summed E-state index contributed by atoms with van der Waals surface area (Å²) in [6.07, 6.45) is 2.89. The highest BCUT2D eigenvalue weighted by atomic mass is 32.2. The van der Waals surface area contributed by atoms with Gasteiger partial charge in [0, 0.05) is 12.7 Å². The van der Waals surface area contributed by atoms with Gasteiger partial charge in [-0.1, -0.05) is 42.1 Å². The van der Waals surface area contributed by atoms with Gasteiger partial charge in [0.2, 0.25) is 0 Å². The summed E-state index contributed by atoms with van der Waals surface area (Å²) in [7, 11) is 0. The third-order valence-corrected chi connectivity index (χ3v) is 2.96. The average Bonchev–Trinajstić information content (AvgIpc) is 2.66. The Morgan fingerprint density at radius 3 is 2.81 bits per heavy atom. The second-order valence-corrected chi connectivity index (χ2v) is 4.20. The molecule has 4 nitrogen and oxygen atoms in total. The number of nitrogens with zero attached hydrogens (tertiary/aromatic N) is 2. The maximum atomic E-state index is 10.4. The van der Waals surface area contributed by atoms with Crippen LogP contribution in [-0.2, 0) is 6.54 Å². The lowest BCUT2D eigenvalue weighted by Crippen LogP contribution is -2.12. The van der Waals surface area contributed by atoms with E-state index >= 15 is 0 Å². The Bertz CT molecular complexity index is 443. The van der Waals surface area contributed by atoms with E-state index in [0.717, 1.165) is 11.8 Å². The molecule has 0 N–H and O–H groups in total. The molecule has 1 aromatic rings. The van der Waals surface area contributed by atoms with Crippen LogP contribution in [0, 0.1) is 10.1 Å². The smallest absolute Gasteiger partial charge is 0.264 e. The zero-order valence-corrected chi connectivity index (χ0v) is 9.26.